The number of aromatic nitrogens is 1. The van der Waals surface area contributed by atoms with Gasteiger partial charge in [0.05, 0.1) is 49.3 Å². The molecule has 11 atom stereocenters. The Balaban J connectivity index is 1.43. The zero-order valence-electron chi connectivity index (χ0n) is 50.1. The number of alkyl carbamates (subject to hydrolysis) is 1. The molecule has 22 heteroatoms. The number of carboxylic acid groups (broad SMARTS) is 1. The number of methoxy groups -OCH3 is 2. The Bertz CT molecular complexity index is 2380. The number of aliphatic carboxylic acids is 1. The molecule has 0 radical (unpaired) electrons. The number of hydroxylamine groups is 2. The summed E-state index contributed by atoms with van der Waals surface area (Å²) in [5.74, 6) is -5.30. The maximum Gasteiger partial charge on any atom is 0.408 e. The molecule has 80 heavy (non-hydrogen) atoms. The van der Waals surface area contributed by atoms with Gasteiger partial charge in [-0.15, -0.1) is 0 Å². The molecule has 5 N–H and O–H groups in total. The molecule has 2 aliphatic rings. The molecule has 0 aliphatic carbocycles. The Morgan fingerprint density at radius 3 is 2.14 bits per heavy atom. The number of carbonyl (C=O) groups is 8. The number of rotatable bonds is 29. The minimum Gasteiger partial charge on any atom is -0.480 e. The van der Waals surface area contributed by atoms with E-state index in [2.05, 4.69) is 20.9 Å². The maximum atomic E-state index is 14.8. The summed E-state index contributed by atoms with van der Waals surface area (Å²) in [5, 5.41) is 20.3. The highest BCUT2D eigenvalue weighted by Gasteiger charge is 2.44. The summed E-state index contributed by atoms with van der Waals surface area (Å²) < 4.78 is 22.7. The van der Waals surface area contributed by atoms with Crippen molar-refractivity contribution in [3.63, 3.8) is 0 Å². The van der Waals surface area contributed by atoms with Crippen LogP contribution in [0.25, 0.3) is 10.9 Å². The Morgan fingerprint density at radius 1 is 0.863 bits per heavy atom. The smallest absolute Gasteiger partial charge is 0.408 e. The van der Waals surface area contributed by atoms with Crippen LogP contribution >= 0.6 is 0 Å². The monoisotopic (exact) mass is 1130 g/mol. The minimum absolute atomic E-state index is 0.0812. The van der Waals surface area contributed by atoms with Crippen LogP contribution in [0.2, 0.25) is 0 Å². The quantitative estimate of drug-likeness (QED) is 0.0634. The van der Waals surface area contributed by atoms with E-state index in [4.69, 9.17) is 23.8 Å². The second-order valence-electron chi connectivity index (χ2n) is 23.4. The van der Waals surface area contributed by atoms with Gasteiger partial charge in [0.2, 0.25) is 23.6 Å². The summed E-state index contributed by atoms with van der Waals surface area (Å²) in [4.78, 5) is 123. The molecule has 2 fully saturated rings. The van der Waals surface area contributed by atoms with E-state index in [0.29, 0.717) is 39.0 Å². The van der Waals surface area contributed by atoms with Crippen LogP contribution in [0.1, 0.15) is 133 Å². The third kappa shape index (κ3) is 18.3. The zero-order chi connectivity index (χ0) is 59.8. The fourth-order valence-corrected chi connectivity index (χ4v) is 11.0. The molecular formula is C58H94N8O14. The van der Waals surface area contributed by atoms with Gasteiger partial charge in [-0.3, -0.25) is 38.5 Å². The van der Waals surface area contributed by atoms with Gasteiger partial charge in [0.15, 0.2) is 6.04 Å². The molecule has 6 amide bonds. The number of hydrogen-bond donors (Lipinski definition) is 5. The average Bonchev–Trinajstić information content (AvgIpc) is 4.07. The van der Waals surface area contributed by atoms with E-state index >= 15 is 0 Å². The van der Waals surface area contributed by atoms with Gasteiger partial charge in [-0.05, 0) is 103 Å². The molecule has 0 unspecified atom stereocenters. The van der Waals surface area contributed by atoms with Gasteiger partial charge in [0.25, 0.3) is 5.91 Å². The van der Waals surface area contributed by atoms with Crippen LogP contribution in [0.3, 0.4) is 0 Å². The molecule has 1 aromatic heterocycles. The normalized spacial score (nSPS) is 18.8. The molecule has 0 bridgehead atoms. The van der Waals surface area contributed by atoms with Gasteiger partial charge >= 0.3 is 18.0 Å². The van der Waals surface area contributed by atoms with Crippen molar-refractivity contribution < 1.29 is 67.2 Å². The molecule has 2 saturated heterocycles. The number of ether oxygens (including phenoxy) is 4. The summed E-state index contributed by atoms with van der Waals surface area (Å²) >= 11 is 0. The first-order valence-corrected chi connectivity index (χ1v) is 28.5. The number of benzene rings is 1. The lowest BCUT2D eigenvalue weighted by atomic mass is 9.89. The maximum absolute atomic E-state index is 14.8. The number of nitrogens with zero attached hydrogens (tertiary/aromatic N) is 4. The lowest BCUT2D eigenvalue weighted by Crippen LogP contribution is -2.60. The van der Waals surface area contributed by atoms with E-state index in [9.17, 15) is 43.5 Å². The van der Waals surface area contributed by atoms with Crippen LogP contribution in [0, 0.1) is 23.7 Å². The van der Waals surface area contributed by atoms with Gasteiger partial charge in [-0.1, -0.05) is 73.1 Å². The summed E-state index contributed by atoms with van der Waals surface area (Å²) in [6.07, 6.45) is 1.98. The highest BCUT2D eigenvalue weighted by Crippen LogP contribution is 2.31. The number of likely N-dealkylation sites (N-methyl/N-ethyl adjacent to an activating group) is 2. The molecule has 0 spiro atoms. The number of fused-ring (bicyclic) bond motifs is 1. The van der Waals surface area contributed by atoms with Crippen LogP contribution in [0.15, 0.2) is 30.5 Å². The van der Waals surface area contributed by atoms with Crippen molar-refractivity contribution >= 4 is 58.5 Å². The number of esters is 1. The molecule has 3 heterocycles. The number of aromatic amines is 1. The SMILES string of the molecule is CC[C@H](C)[C@@H]([C@@H](CC(=O)N1CCC[C@H]1[C@H](OC)[C@@H](C)C(=O)N[C@@H](Cc1c[nH]c2ccccc12)C(=O)N1CCCCO1)OC)N(C)C(=O)[C@@H](NC(=O)[C@H](C(C)C)N(C)CCCC(=O)O[C@H](C)[C@H](NC(=O)OC(C)(C)C)C(=O)O)C(C)C. The van der Waals surface area contributed by atoms with E-state index in [1.807, 2.05) is 72.0 Å². The zero-order valence-corrected chi connectivity index (χ0v) is 50.1. The number of hydrogen-bond acceptors (Lipinski definition) is 14. The molecular weight excluding hydrogens is 1030 g/mol. The molecule has 0 saturated carbocycles. The first-order valence-electron chi connectivity index (χ1n) is 28.5. The Morgan fingerprint density at radius 2 is 1.55 bits per heavy atom. The largest absolute Gasteiger partial charge is 0.480 e. The van der Waals surface area contributed by atoms with Crippen molar-refractivity contribution in [3.8, 4) is 0 Å². The Hall–Kier alpha value is -5.84. The fourth-order valence-electron chi connectivity index (χ4n) is 11.0. The van der Waals surface area contributed by atoms with Crippen LogP contribution in [0.4, 0.5) is 4.79 Å². The summed E-state index contributed by atoms with van der Waals surface area (Å²) in [5.41, 5.74) is 0.912. The highest BCUT2D eigenvalue weighted by atomic mass is 16.7. The first-order chi connectivity index (χ1) is 37.6. The minimum atomic E-state index is -1.55. The first kappa shape index (κ1) is 66.7. The van der Waals surface area contributed by atoms with Crippen LogP contribution in [0.5, 0.6) is 0 Å². The molecule has 22 nitrogen and oxygen atoms in total. The number of likely N-dealkylation sites (tertiary alicyclic amines) is 1. The second kappa shape index (κ2) is 30.8. The summed E-state index contributed by atoms with van der Waals surface area (Å²) in [6.45, 7) is 21.0. The molecule has 4 rings (SSSR count). The third-order valence-corrected chi connectivity index (χ3v) is 15.4. The highest BCUT2D eigenvalue weighted by molar-refractivity contribution is 5.91. The average molecular weight is 1130 g/mol. The molecule has 2 aromatic rings. The van der Waals surface area contributed by atoms with Crippen molar-refractivity contribution in [1.82, 2.24) is 40.7 Å². The summed E-state index contributed by atoms with van der Waals surface area (Å²) in [6, 6.07) is 2.54. The van der Waals surface area contributed by atoms with E-state index in [1.54, 1.807) is 56.5 Å². The van der Waals surface area contributed by atoms with Crippen molar-refractivity contribution in [1.29, 1.82) is 0 Å². The second-order valence-corrected chi connectivity index (χ2v) is 23.4. The van der Waals surface area contributed by atoms with Gasteiger partial charge in [-0.2, -0.15) is 0 Å². The van der Waals surface area contributed by atoms with E-state index < -0.39 is 95.9 Å². The third-order valence-electron chi connectivity index (χ3n) is 15.4. The van der Waals surface area contributed by atoms with Crippen molar-refractivity contribution in [3.05, 3.63) is 36.0 Å². The standard InChI is InChI=1S/C58H94N8O14/c1-16-36(6)50(64(13)55(72)47(34(2)3)61-53(70)49(35(4)5)63(12)27-22-26-46(68)79-38(8)48(56(73)74)62-57(75)80-58(9,10)11)44(76-14)32-45(67)65-28-21-25-43(65)51(77-15)37(7)52(69)60-42(54(71)66-29-19-20-30-78-66)31-39-33-59-41-24-18-17-23-40(39)41/h17-18,23-24,33-38,42-44,47-51,59H,16,19-22,25-32H2,1-15H3,(H,60,69)(H,61,70)(H,62,75)(H,73,74)/t36-,37+,38+,42-,43-,44+,47-,48-,49-,50-,51+/m0/s1. The predicted octanol–water partition coefficient (Wildman–Crippen LogP) is 5.46. The number of carbonyl (C=O) groups excluding carboxylic acids is 7. The van der Waals surface area contributed by atoms with E-state index in [0.717, 1.165) is 29.3 Å². The van der Waals surface area contributed by atoms with Crippen molar-refractivity contribution in [2.45, 2.75) is 194 Å². The summed E-state index contributed by atoms with van der Waals surface area (Å²) in [7, 11) is 6.45. The topological polar surface area (TPSA) is 268 Å². The van der Waals surface area contributed by atoms with Gasteiger partial charge in [0, 0.05) is 64.3 Å². The number of amides is 6. The van der Waals surface area contributed by atoms with Gasteiger partial charge in [-0.25, -0.2) is 14.7 Å². The Labute approximate surface area is 473 Å². The lowest BCUT2D eigenvalue weighted by molar-refractivity contribution is -0.199. The molecule has 450 valence electrons. The van der Waals surface area contributed by atoms with E-state index in [-0.39, 0.29) is 67.7 Å². The lowest BCUT2D eigenvalue weighted by Gasteiger charge is -2.41. The number of para-hydroxylation sites is 1. The van der Waals surface area contributed by atoms with Crippen LogP contribution in [-0.2, 0) is 63.8 Å². The number of nitrogens with one attached hydrogen (secondary N) is 4. The molecule has 1 aromatic carbocycles. The van der Waals surface area contributed by atoms with Gasteiger partial charge < -0.3 is 54.8 Å². The number of carboxylic acids is 1. The van der Waals surface area contributed by atoms with E-state index in [1.165, 1.54) is 26.2 Å². The van der Waals surface area contributed by atoms with Crippen LogP contribution in [-0.4, -0.2) is 192 Å². The van der Waals surface area contributed by atoms with Crippen molar-refractivity contribution in [2.24, 2.45) is 23.7 Å². The van der Waals surface area contributed by atoms with Crippen LogP contribution < -0.4 is 16.0 Å². The fraction of sp³-hybridized carbons (Fsp3) is 0.724. The Kier molecular flexibility index (Phi) is 25.7. The predicted molar refractivity (Wildman–Crippen MR) is 301 cm³/mol. The van der Waals surface area contributed by atoms with Gasteiger partial charge in [0.1, 0.15) is 23.8 Å². The number of H-pyrrole nitrogens is 1. The van der Waals surface area contributed by atoms with Crippen molar-refractivity contribution in [2.75, 3.05) is 54.6 Å². The molecule has 2 aliphatic heterocycles.